The summed E-state index contributed by atoms with van der Waals surface area (Å²) < 4.78 is 34.1. The van der Waals surface area contributed by atoms with Crippen LogP contribution in [0.4, 0.5) is 0 Å². The Kier molecular flexibility index (Phi) is 8.45. The Labute approximate surface area is 172 Å². The Morgan fingerprint density at radius 3 is 2.46 bits per heavy atom. The van der Waals surface area contributed by atoms with E-state index in [1.807, 2.05) is 18.2 Å². The average molecular weight is 497 g/mol. The van der Waals surface area contributed by atoms with E-state index in [4.69, 9.17) is 9.47 Å². The van der Waals surface area contributed by atoms with Crippen molar-refractivity contribution in [3.63, 3.8) is 0 Å². The zero-order valence-corrected chi connectivity index (χ0v) is 18.8. The second-order valence-electron chi connectivity index (χ2n) is 6.79. The number of ether oxygens (including phenoxy) is 2. The van der Waals surface area contributed by atoms with Crippen LogP contribution >= 0.6 is 24.0 Å². The van der Waals surface area contributed by atoms with E-state index in [1.165, 1.54) is 0 Å². The molecule has 0 bridgehead atoms. The molecule has 1 aliphatic heterocycles. The normalized spacial score (nSPS) is 13.9. The molecule has 1 aromatic carbocycles. The first-order chi connectivity index (χ1) is 11.7. The number of nitrogens with zero attached hydrogens (tertiary/aromatic N) is 1. The van der Waals surface area contributed by atoms with Crippen molar-refractivity contribution in [2.45, 2.75) is 31.9 Å². The molecule has 0 amide bonds. The van der Waals surface area contributed by atoms with Crippen LogP contribution in [0.3, 0.4) is 0 Å². The largest absolute Gasteiger partial charge is 0.454 e. The maximum absolute atomic E-state index is 12.1. The molecule has 148 valence electrons. The molecule has 1 heterocycles. The van der Waals surface area contributed by atoms with Gasteiger partial charge in [0.15, 0.2) is 27.3 Å². The van der Waals surface area contributed by atoms with Gasteiger partial charge in [0.25, 0.3) is 0 Å². The molecular weight excluding hydrogens is 469 g/mol. The van der Waals surface area contributed by atoms with Crippen molar-refractivity contribution in [3.05, 3.63) is 23.8 Å². The van der Waals surface area contributed by atoms with Crippen LogP contribution in [0.1, 0.15) is 26.3 Å². The van der Waals surface area contributed by atoms with Gasteiger partial charge in [-0.15, -0.1) is 24.0 Å². The number of fused-ring (bicyclic) bond motifs is 1. The van der Waals surface area contributed by atoms with Crippen LogP contribution < -0.4 is 20.1 Å². The Bertz CT molecular complexity index is 730. The lowest BCUT2D eigenvalue weighted by molar-refractivity contribution is 0.174. The molecule has 0 aromatic heterocycles. The molecule has 0 aliphatic carbocycles. The molecular formula is C17H28IN3O4S. The predicted molar refractivity (Wildman–Crippen MR) is 115 cm³/mol. The maximum atomic E-state index is 12.1. The van der Waals surface area contributed by atoms with E-state index >= 15 is 0 Å². The molecule has 0 spiro atoms. The third-order valence-corrected chi connectivity index (χ3v) is 6.57. The van der Waals surface area contributed by atoms with E-state index < -0.39 is 14.6 Å². The number of rotatable bonds is 6. The van der Waals surface area contributed by atoms with Crippen LogP contribution in [0.15, 0.2) is 23.2 Å². The fourth-order valence-corrected chi connectivity index (χ4v) is 3.24. The van der Waals surface area contributed by atoms with E-state index in [0.717, 1.165) is 23.5 Å². The molecule has 0 saturated heterocycles. The second kappa shape index (κ2) is 9.63. The van der Waals surface area contributed by atoms with Crippen molar-refractivity contribution in [1.82, 2.24) is 10.6 Å². The summed E-state index contributed by atoms with van der Waals surface area (Å²) in [7, 11) is -1.48. The van der Waals surface area contributed by atoms with Crippen LogP contribution in [0.5, 0.6) is 11.5 Å². The Morgan fingerprint density at radius 2 is 1.81 bits per heavy atom. The Morgan fingerprint density at radius 1 is 1.15 bits per heavy atom. The summed E-state index contributed by atoms with van der Waals surface area (Å²) in [4.78, 5) is 4.11. The lowest BCUT2D eigenvalue weighted by atomic mass is 10.1. The monoisotopic (exact) mass is 497 g/mol. The highest BCUT2D eigenvalue weighted by molar-refractivity contribution is 14.0. The van der Waals surface area contributed by atoms with Gasteiger partial charge in [-0.1, -0.05) is 6.07 Å². The molecule has 0 saturated carbocycles. The summed E-state index contributed by atoms with van der Waals surface area (Å²) in [5, 5.41) is 6.22. The van der Waals surface area contributed by atoms with E-state index in [-0.39, 0.29) is 36.5 Å². The van der Waals surface area contributed by atoms with Crippen molar-refractivity contribution in [2.24, 2.45) is 4.99 Å². The van der Waals surface area contributed by atoms with Crippen molar-refractivity contribution in [1.29, 1.82) is 0 Å². The van der Waals surface area contributed by atoms with Crippen molar-refractivity contribution >= 4 is 39.8 Å². The number of nitrogens with one attached hydrogen (secondary N) is 2. The first-order valence-corrected chi connectivity index (χ1v) is 9.93. The zero-order valence-electron chi connectivity index (χ0n) is 15.7. The van der Waals surface area contributed by atoms with Crippen LogP contribution in [-0.2, 0) is 16.3 Å². The third-order valence-electron chi connectivity index (χ3n) is 3.96. The number of halogens is 1. The predicted octanol–water partition coefficient (Wildman–Crippen LogP) is 1.95. The summed E-state index contributed by atoms with van der Waals surface area (Å²) in [5.74, 6) is 2.20. The molecule has 1 aliphatic rings. The summed E-state index contributed by atoms with van der Waals surface area (Å²) in [5.41, 5.74) is 1.13. The first-order valence-electron chi connectivity index (χ1n) is 8.28. The summed E-state index contributed by atoms with van der Waals surface area (Å²) in [6.07, 6.45) is 0.789. The molecule has 2 rings (SSSR count). The molecule has 0 radical (unpaired) electrons. The van der Waals surface area contributed by atoms with E-state index in [9.17, 15) is 8.42 Å². The van der Waals surface area contributed by atoms with Crippen LogP contribution in [-0.4, -0.2) is 51.8 Å². The molecule has 0 atom stereocenters. The second-order valence-corrected chi connectivity index (χ2v) is 9.66. The third kappa shape index (κ3) is 6.19. The average Bonchev–Trinajstić information content (AvgIpc) is 2.99. The smallest absolute Gasteiger partial charge is 0.231 e. The van der Waals surface area contributed by atoms with Gasteiger partial charge in [-0.25, -0.2) is 8.42 Å². The first kappa shape index (κ1) is 22.8. The topological polar surface area (TPSA) is 89.0 Å². The molecule has 7 nitrogen and oxygen atoms in total. The van der Waals surface area contributed by atoms with Gasteiger partial charge in [0.1, 0.15) is 0 Å². The summed E-state index contributed by atoms with van der Waals surface area (Å²) in [6, 6.07) is 5.87. The minimum absolute atomic E-state index is 0. The van der Waals surface area contributed by atoms with Gasteiger partial charge in [-0.05, 0) is 44.9 Å². The molecule has 0 fully saturated rings. The number of sulfone groups is 1. The number of benzene rings is 1. The quantitative estimate of drug-likeness (QED) is 0.355. The molecule has 1 aromatic rings. The fourth-order valence-electron chi connectivity index (χ4n) is 2.25. The van der Waals surface area contributed by atoms with Gasteiger partial charge in [-0.3, -0.25) is 4.99 Å². The number of aliphatic imine (C=N–C) groups is 1. The minimum Gasteiger partial charge on any atom is -0.454 e. The summed E-state index contributed by atoms with van der Waals surface area (Å²) in [6.45, 7) is 6.39. The molecule has 2 N–H and O–H groups in total. The zero-order chi connectivity index (χ0) is 18.5. The van der Waals surface area contributed by atoms with Gasteiger partial charge in [-0.2, -0.15) is 0 Å². The lowest BCUT2D eigenvalue weighted by Crippen LogP contribution is -2.42. The van der Waals surface area contributed by atoms with E-state index in [0.29, 0.717) is 19.0 Å². The highest BCUT2D eigenvalue weighted by atomic mass is 127. The van der Waals surface area contributed by atoms with Crippen LogP contribution in [0, 0.1) is 0 Å². The van der Waals surface area contributed by atoms with Crippen LogP contribution in [0.25, 0.3) is 0 Å². The van der Waals surface area contributed by atoms with Crippen molar-refractivity contribution in [3.8, 4) is 11.5 Å². The standard InChI is InChI=1S/C17H27N3O4S.HI/c1-17(2,3)25(21,22)10-9-20-16(18-4)19-8-7-13-5-6-14-15(11-13)24-12-23-14;/h5-6,11H,7-10,12H2,1-4H3,(H2,18,19,20);1H. The van der Waals surface area contributed by atoms with E-state index in [2.05, 4.69) is 15.6 Å². The van der Waals surface area contributed by atoms with Crippen molar-refractivity contribution < 1.29 is 17.9 Å². The number of hydrogen-bond acceptors (Lipinski definition) is 5. The van der Waals surface area contributed by atoms with Gasteiger partial charge in [0, 0.05) is 20.1 Å². The number of guanidine groups is 1. The highest BCUT2D eigenvalue weighted by Gasteiger charge is 2.28. The van der Waals surface area contributed by atoms with Gasteiger partial charge in [0.05, 0.1) is 10.5 Å². The highest BCUT2D eigenvalue weighted by Crippen LogP contribution is 2.32. The maximum Gasteiger partial charge on any atom is 0.231 e. The molecule has 26 heavy (non-hydrogen) atoms. The SMILES string of the molecule is CN=C(NCCc1ccc2c(c1)OCO2)NCCS(=O)(=O)C(C)(C)C.I. The van der Waals surface area contributed by atoms with Crippen molar-refractivity contribution in [2.75, 3.05) is 32.7 Å². The van der Waals surface area contributed by atoms with Gasteiger partial charge in [0.2, 0.25) is 6.79 Å². The molecule has 0 unspecified atom stereocenters. The number of hydrogen-bond donors (Lipinski definition) is 2. The van der Waals surface area contributed by atoms with Gasteiger partial charge >= 0.3 is 0 Å². The Hall–Kier alpha value is -1.23. The summed E-state index contributed by atoms with van der Waals surface area (Å²) >= 11 is 0. The van der Waals surface area contributed by atoms with Gasteiger partial charge < -0.3 is 20.1 Å². The van der Waals surface area contributed by atoms with Crippen LogP contribution in [0.2, 0.25) is 0 Å². The van der Waals surface area contributed by atoms with E-state index in [1.54, 1.807) is 27.8 Å². The Balaban J connectivity index is 0.00000338. The lowest BCUT2D eigenvalue weighted by Gasteiger charge is -2.19. The minimum atomic E-state index is -3.14. The fraction of sp³-hybridized carbons (Fsp3) is 0.588. The molecule has 9 heteroatoms.